The second kappa shape index (κ2) is 5.79. The van der Waals surface area contributed by atoms with Crippen molar-refractivity contribution in [1.29, 1.82) is 0 Å². The molecular formula is C17H17N3O. The largest absolute Gasteiger partial charge is 0.364 e. The molecule has 0 fully saturated rings. The van der Waals surface area contributed by atoms with Crippen molar-refractivity contribution in [1.82, 2.24) is 10.5 Å². The SMILES string of the molecule is C=c1ccc(=C2N=C(C(CC)c3ccccc3)ON2)cn1. The van der Waals surface area contributed by atoms with Gasteiger partial charge >= 0.3 is 0 Å². The smallest absolute Gasteiger partial charge is 0.231 e. The Hall–Kier alpha value is -2.62. The molecule has 0 amide bonds. The van der Waals surface area contributed by atoms with Crippen LogP contribution in [-0.4, -0.2) is 10.9 Å². The van der Waals surface area contributed by atoms with Crippen LogP contribution < -0.4 is 16.0 Å². The average Bonchev–Trinajstić information content (AvgIpc) is 2.99. The maximum absolute atomic E-state index is 5.58. The van der Waals surface area contributed by atoms with Gasteiger partial charge in [-0.1, -0.05) is 43.8 Å². The van der Waals surface area contributed by atoms with Gasteiger partial charge in [0.2, 0.25) is 5.90 Å². The Balaban J connectivity index is 1.97. The highest BCUT2D eigenvalue weighted by Gasteiger charge is 2.23. The number of hydroxylamine groups is 1. The molecule has 4 heteroatoms. The fourth-order valence-electron chi connectivity index (χ4n) is 2.33. The number of aromatic nitrogens is 1. The van der Waals surface area contributed by atoms with Gasteiger partial charge in [-0.05, 0) is 24.1 Å². The van der Waals surface area contributed by atoms with Gasteiger partial charge in [0.05, 0.1) is 11.3 Å². The predicted molar refractivity (Wildman–Crippen MR) is 83.5 cm³/mol. The molecule has 1 N–H and O–H groups in total. The van der Waals surface area contributed by atoms with Gasteiger partial charge in [0.15, 0.2) is 5.82 Å². The number of nitrogens with one attached hydrogen (secondary N) is 1. The van der Waals surface area contributed by atoms with Crippen molar-refractivity contribution >= 4 is 18.3 Å². The predicted octanol–water partition coefficient (Wildman–Crippen LogP) is 1.68. The van der Waals surface area contributed by atoms with E-state index in [1.54, 1.807) is 6.20 Å². The number of benzene rings is 1. The lowest BCUT2D eigenvalue weighted by atomic mass is 9.96. The zero-order chi connectivity index (χ0) is 14.7. The third kappa shape index (κ3) is 2.79. The fraction of sp³-hybridized carbons (Fsp3) is 0.176. The van der Waals surface area contributed by atoms with Crippen LogP contribution >= 0.6 is 0 Å². The summed E-state index contributed by atoms with van der Waals surface area (Å²) in [7, 11) is 0. The number of hydrogen-bond acceptors (Lipinski definition) is 4. The van der Waals surface area contributed by atoms with Crippen LogP contribution in [-0.2, 0) is 4.84 Å². The lowest BCUT2D eigenvalue weighted by Gasteiger charge is -2.13. The van der Waals surface area contributed by atoms with Crippen LogP contribution in [0.5, 0.6) is 0 Å². The molecule has 0 radical (unpaired) electrons. The first-order chi connectivity index (χ1) is 10.3. The zero-order valence-electron chi connectivity index (χ0n) is 11.9. The van der Waals surface area contributed by atoms with E-state index in [2.05, 4.69) is 41.1 Å². The van der Waals surface area contributed by atoms with Crippen molar-refractivity contribution in [3.05, 3.63) is 64.8 Å². The van der Waals surface area contributed by atoms with Gasteiger partial charge in [-0.2, -0.15) is 4.99 Å². The third-order valence-corrected chi connectivity index (χ3v) is 3.48. The molecule has 1 unspecified atom stereocenters. The lowest BCUT2D eigenvalue weighted by molar-refractivity contribution is 0.242. The maximum atomic E-state index is 5.58. The summed E-state index contributed by atoms with van der Waals surface area (Å²) in [6, 6.07) is 14.0. The average molecular weight is 279 g/mol. The first-order valence-corrected chi connectivity index (χ1v) is 6.99. The zero-order valence-corrected chi connectivity index (χ0v) is 11.9. The van der Waals surface area contributed by atoms with Crippen LogP contribution in [0, 0.1) is 0 Å². The minimum Gasteiger partial charge on any atom is -0.364 e. The Kier molecular flexibility index (Phi) is 3.69. The van der Waals surface area contributed by atoms with Gasteiger partial charge in [-0.3, -0.25) is 4.98 Å². The molecule has 0 spiro atoms. The summed E-state index contributed by atoms with van der Waals surface area (Å²) in [6.07, 6.45) is 2.66. The van der Waals surface area contributed by atoms with Gasteiger partial charge < -0.3 is 4.84 Å². The van der Waals surface area contributed by atoms with Crippen LogP contribution in [0.15, 0.2) is 53.7 Å². The second-order valence-electron chi connectivity index (χ2n) is 4.91. The molecular weight excluding hydrogens is 262 g/mol. The van der Waals surface area contributed by atoms with Crippen molar-refractivity contribution < 1.29 is 4.84 Å². The minimum absolute atomic E-state index is 0.149. The minimum atomic E-state index is 0.149. The molecule has 2 heterocycles. The van der Waals surface area contributed by atoms with E-state index in [9.17, 15) is 0 Å². The summed E-state index contributed by atoms with van der Waals surface area (Å²) >= 11 is 0. The molecule has 2 aromatic rings. The van der Waals surface area contributed by atoms with Crippen LogP contribution in [0.2, 0.25) is 0 Å². The van der Waals surface area contributed by atoms with E-state index in [4.69, 9.17) is 4.84 Å². The second-order valence-corrected chi connectivity index (χ2v) is 4.91. The molecule has 1 aliphatic rings. The van der Waals surface area contributed by atoms with Gasteiger partial charge in [0.25, 0.3) is 0 Å². The molecule has 21 heavy (non-hydrogen) atoms. The number of aliphatic imine (C=N–C) groups is 1. The maximum Gasteiger partial charge on any atom is 0.231 e. The van der Waals surface area contributed by atoms with Crippen LogP contribution in [0.4, 0.5) is 0 Å². The molecule has 1 atom stereocenters. The fourth-order valence-corrected chi connectivity index (χ4v) is 2.33. The Morgan fingerprint density at radius 1 is 1.19 bits per heavy atom. The first kappa shape index (κ1) is 13.4. The Morgan fingerprint density at radius 2 is 2.00 bits per heavy atom. The first-order valence-electron chi connectivity index (χ1n) is 6.99. The summed E-state index contributed by atoms with van der Waals surface area (Å²) < 4.78 is 0. The number of pyridine rings is 1. The van der Waals surface area contributed by atoms with Crippen molar-refractivity contribution in [2.45, 2.75) is 19.3 Å². The van der Waals surface area contributed by atoms with E-state index in [-0.39, 0.29) is 5.92 Å². The van der Waals surface area contributed by atoms with Crippen LogP contribution in [0.25, 0.3) is 12.4 Å². The molecule has 0 aliphatic carbocycles. The van der Waals surface area contributed by atoms with Gasteiger partial charge in [-0.15, -0.1) is 0 Å². The molecule has 0 saturated heterocycles. The Labute approximate surface area is 123 Å². The molecule has 0 bridgehead atoms. The lowest BCUT2D eigenvalue weighted by Crippen LogP contribution is -2.19. The van der Waals surface area contributed by atoms with Gasteiger partial charge in [-0.25, -0.2) is 5.48 Å². The van der Waals surface area contributed by atoms with Gasteiger partial charge in [0, 0.05) is 11.4 Å². The van der Waals surface area contributed by atoms with E-state index in [1.807, 2.05) is 30.3 Å². The number of rotatable bonds is 3. The van der Waals surface area contributed by atoms with Gasteiger partial charge in [0.1, 0.15) is 0 Å². The van der Waals surface area contributed by atoms with E-state index in [1.165, 1.54) is 5.56 Å². The van der Waals surface area contributed by atoms with Crippen molar-refractivity contribution in [3.63, 3.8) is 0 Å². The summed E-state index contributed by atoms with van der Waals surface area (Å²) in [5.41, 5.74) is 4.08. The molecule has 1 aromatic carbocycles. The van der Waals surface area contributed by atoms with E-state index >= 15 is 0 Å². The highest BCUT2D eigenvalue weighted by atomic mass is 16.7. The normalized spacial score (nSPS) is 17.7. The van der Waals surface area contributed by atoms with Crippen molar-refractivity contribution in [2.75, 3.05) is 0 Å². The molecule has 4 nitrogen and oxygen atoms in total. The Bertz CT molecular complexity index is 745. The van der Waals surface area contributed by atoms with Crippen LogP contribution in [0.1, 0.15) is 24.8 Å². The Morgan fingerprint density at radius 3 is 2.67 bits per heavy atom. The van der Waals surface area contributed by atoms with Crippen molar-refractivity contribution in [3.8, 4) is 0 Å². The highest BCUT2D eigenvalue weighted by molar-refractivity contribution is 5.88. The molecule has 1 aromatic heterocycles. The summed E-state index contributed by atoms with van der Waals surface area (Å²) in [5.74, 6) is 1.53. The quantitative estimate of drug-likeness (QED) is 0.930. The highest BCUT2D eigenvalue weighted by Crippen LogP contribution is 2.24. The standard InChI is InChI=1S/C17H17N3O/c1-3-15(13-7-5-4-6-8-13)17-19-16(20-21-17)14-10-9-12(2)18-11-14/h4-11,15,20H,2-3H2,1H3. The number of nitrogens with zero attached hydrogens (tertiary/aromatic N) is 2. The monoisotopic (exact) mass is 279 g/mol. The molecule has 106 valence electrons. The molecule has 3 rings (SSSR count). The van der Waals surface area contributed by atoms with E-state index in [0.29, 0.717) is 11.7 Å². The van der Waals surface area contributed by atoms with Crippen LogP contribution in [0.3, 0.4) is 0 Å². The third-order valence-electron chi connectivity index (χ3n) is 3.48. The summed E-state index contributed by atoms with van der Waals surface area (Å²) in [6.45, 7) is 5.90. The molecule has 1 aliphatic heterocycles. The van der Waals surface area contributed by atoms with E-state index in [0.717, 1.165) is 17.0 Å². The summed E-state index contributed by atoms with van der Waals surface area (Å²) in [4.78, 5) is 14.3. The van der Waals surface area contributed by atoms with Crippen molar-refractivity contribution in [2.24, 2.45) is 4.99 Å². The molecule has 0 saturated carbocycles. The number of hydrogen-bond donors (Lipinski definition) is 1. The topological polar surface area (TPSA) is 46.5 Å². The summed E-state index contributed by atoms with van der Waals surface area (Å²) in [5, 5.41) is 1.62. The van der Waals surface area contributed by atoms with E-state index < -0.39 is 0 Å².